The average molecular weight is 435 g/mol. The van der Waals surface area contributed by atoms with Crippen LogP contribution in [0, 0.1) is 5.92 Å². The third-order valence-electron chi connectivity index (χ3n) is 4.41. The van der Waals surface area contributed by atoms with E-state index in [1.165, 1.54) is 70.6 Å². The first kappa shape index (κ1) is 31.2. The maximum Gasteiger partial charge on any atom is 1.00 e. The molecular weight excluding hydrogens is 390 g/mol. The monoisotopic (exact) mass is 434 g/mol. The molecule has 0 aliphatic carbocycles. The average Bonchev–Trinajstić information content (AvgIpc) is 2.59. The van der Waals surface area contributed by atoms with Crippen molar-refractivity contribution in [1.29, 1.82) is 0 Å². The molecular formula is C20H44NaO6P. The molecule has 0 aromatic heterocycles. The Morgan fingerprint density at radius 2 is 1.25 bits per heavy atom. The summed E-state index contributed by atoms with van der Waals surface area (Å²) in [4.78, 5) is 22.3. The van der Waals surface area contributed by atoms with Crippen LogP contribution in [0.5, 0.6) is 0 Å². The summed E-state index contributed by atoms with van der Waals surface area (Å²) in [5, 5.41) is 0. The molecule has 166 valence electrons. The summed E-state index contributed by atoms with van der Waals surface area (Å²) in [5.41, 5.74) is 0. The number of hydrogen-bond acceptors (Lipinski definition) is 4. The molecule has 0 amide bonds. The van der Waals surface area contributed by atoms with Crippen molar-refractivity contribution in [1.82, 2.24) is 0 Å². The molecule has 0 heterocycles. The zero-order valence-corrected chi connectivity index (χ0v) is 21.6. The largest absolute Gasteiger partial charge is 1.00 e. The molecule has 0 saturated carbocycles. The predicted molar refractivity (Wildman–Crippen MR) is 110 cm³/mol. The first-order valence-electron chi connectivity index (χ1n) is 10.9. The minimum Gasteiger partial charge on any atom is -1.00 e. The van der Waals surface area contributed by atoms with Crippen LogP contribution >= 0.6 is 7.82 Å². The van der Waals surface area contributed by atoms with Crippen molar-refractivity contribution in [3.05, 3.63) is 0 Å². The van der Waals surface area contributed by atoms with E-state index in [0.717, 1.165) is 12.8 Å². The molecule has 0 bridgehead atoms. The Bertz CT molecular complexity index is 371. The summed E-state index contributed by atoms with van der Waals surface area (Å²) >= 11 is 0. The molecule has 1 atom stereocenters. The minimum atomic E-state index is -4.64. The summed E-state index contributed by atoms with van der Waals surface area (Å²) in [7, 11) is -4.64. The van der Waals surface area contributed by atoms with E-state index in [2.05, 4.69) is 11.6 Å². The van der Waals surface area contributed by atoms with Gasteiger partial charge < -0.3 is 16.0 Å². The molecule has 6 nitrogen and oxygen atoms in total. The zero-order valence-electron chi connectivity index (χ0n) is 19.7. The third kappa shape index (κ3) is 25.1. The topological polar surface area (TPSA) is 85.2 Å². The van der Waals surface area contributed by atoms with E-state index >= 15 is 0 Å². The van der Waals surface area contributed by atoms with E-state index in [4.69, 9.17) is 19.4 Å². The number of rotatable bonds is 20. The van der Waals surface area contributed by atoms with Crippen LogP contribution in [-0.4, -0.2) is 22.7 Å². The predicted octanol–water partition coefficient (Wildman–Crippen LogP) is 3.62. The smallest absolute Gasteiger partial charge is 1.00 e. The van der Waals surface area contributed by atoms with E-state index in [1.807, 2.05) is 13.8 Å². The van der Waals surface area contributed by atoms with Crippen LogP contribution in [0.1, 0.15) is 112 Å². The van der Waals surface area contributed by atoms with Gasteiger partial charge in [-0.3, -0.25) is 0 Å². The van der Waals surface area contributed by atoms with E-state index in [0.29, 0.717) is 18.9 Å². The normalized spacial score (nSPS) is 12.9. The van der Waals surface area contributed by atoms with Crippen molar-refractivity contribution in [3.8, 4) is 0 Å². The fraction of sp³-hybridized carbons (Fsp3) is 1.00. The Labute approximate surface area is 196 Å². The van der Waals surface area contributed by atoms with Crippen molar-refractivity contribution in [3.63, 3.8) is 0 Å². The fourth-order valence-corrected chi connectivity index (χ4v) is 3.10. The van der Waals surface area contributed by atoms with E-state index in [-0.39, 0.29) is 31.0 Å². The van der Waals surface area contributed by atoms with Crippen molar-refractivity contribution in [2.24, 2.45) is 5.92 Å². The van der Waals surface area contributed by atoms with Gasteiger partial charge >= 0.3 is 37.4 Å². The van der Waals surface area contributed by atoms with Gasteiger partial charge in [0.1, 0.15) is 0 Å². The molecule has 0 aromatic rings. The van der Waals surface area contributed by atoms with Crippen molar-refractivity contribution in [2.75, 3.05) is 6.61 Å². The van der Waals surface area contributed by atoms with Crippen molar-refractivity contribution < 1.29 is 59.6 Å². The maximum atomic E-state index is 10.8. The SMILES string of the molecule is CCCCCCCCCCCCCCCC(OCC(C)C)OOP(=O)(O)O.[H-].[Na+]. The molecule has 0 fully saturated rings. The van der Waals surface area contributed by atoms with E-state index < -0.39 is 14.1 Å². The number of phosphoric acid groups is 1. The Balaban J connectivity index is -0.00000338. The van der Waals surface area contributed by atoms with E-state index in [1.54, 1.807) is 0 Å². The minimum absolute atomic E-state index is 0. The summed E-state index contributed by atoms with van der Waals surface area (Å²) in [6.07, 6.45) is 16.4. The van der Waals surface area contributed by atoms with Crippen LogP contribution in [0.2, 0.25) is 0 Å². The zero-order chi connectivity index (χ0) is 20.4. The van der Waals surface area contributed by atoms with Gasteiger partial charge in [-0.25, -0.2) is 4.57 Å². The van der Waals surface area contributed by atoms with Crippen molar-refractivity contribution >= 4 is 7.82 Å². The molecule has 28 heavy (non-hydrogen) atoms. The summed E-state index contributed by atoms with van der Waals surface area (Å²) in [6, 6.07) is 0. The van der Waals surface area contributed by atoms with Crippen LogP contribution < -0.4 is 29.6 Å². The van der Waals surface area contributed by atoms with Gasteiger partial charge in [-0.2, -0.15) is 4.89 Å². The molecule has 0 aromatic carbocycles. The first-order chi connectivity index (χ1) is 12.8. The van der Waals surface area contributed by atoms with Crippen molar-refractivity contribution in [2.45, 2.75) is 117 Å². The second-order valence-corrected chi connectivity index (χ2v) is 8.98. The molecule has 0 saturated heterocycles. The standard InChI is InChI=1S/C20H43O6P.Na.H/c1-4-5-6-7-8-9-10-11-12-13-14-15-16-17-20(24-18-19(2)3)25-26-27(21,22)23;;/h19-20H,4-18H2,1-3H3,(H2,21,22,23);;/q;+1;-1. The van der Waals surface area contributed by atoms with Crippen LogP contribution in [0.15, 0.2) is 0 Å². The van der Waals surface area contributed by atoms with Gasteiger partial charge in [0.15, 0.2) is 6.29 Å². The molecule has 0 radical (unpaired) electrons. The maximum absolute atomic E-state index is 10.8. The molecule has 1 unspecified atom stereocenters. The Hall–Kier alpha value is 1.03. The van der Waals surface area contributed by atoms with Crippen LogP contribution in [0.25, 0.3) is 0 Å². The summed E-state index contributed by atoms with van der Waals surface area (Å²) in [6.45, 7) is 6.73. The van der Waals surface area contributed by atoms with E-state index in [9.17, 15) is 4.57 Å². The molecule has 0 spiro atoms. The Morgan fingerprint density at radius 1 is 0.821 bits per heavy atom. The molecule has 2 N–H and O–H groups in total. The van der Waals surface area contributed by atoms with Crippen LogP contribution in [0.4, 0.5) is 0 Å². The van der Waals surface area contributed by atoms with Gasteiger partial charge in [-0.05, 0) is 12.3 Å². The molecule has 8 heteroatoms. The molecule has 0 aliphatic heterocycles. The Morgan fingerprint density at radius 3 is 1.64 bits per heavy atom. The second-order valence-electron chi connectivity index (χ2n) is 7.85. The number of hydrogen-bond donors (Lipinski definition) is 2. The van der Waals surface area contributed by atoms with Gasteiger partial charge in [0.2, 0.25) is 0 Å². The Kier molecular flexibility index (Phi) is 23.7. The van der Waals surface area contributed by atoms with Gasteiger partial charge in [-0.1, -0.05) is 97.8 Å². The van der Waals surface area contributed by atoms with Crippen LogP contribution in [0.3, 0.4) is 0 Å². The van der Waals surface area contributed by atoms with Gasteiger partial charge in [-0.15, -0.1) is 4.67 Å². The van der Waals surface area contributed by atoms with Gasteiger partial charge in [0, 0.05) is 6.42 Å². The summed E-state index contributed by atoms with van der Waals surface area (Å²) in [5.74, 6) is 0.317. The van der Waals surface area contributed by atoms with Gasteiger partial charge in [0.25, 0.3) is 0 Å². The van der Waals surface area contributed by atoms with Crippen LogP contribution in [-0.2, 0) is 18.9 Å². The summed E-state index contributed by atoms with van der Waals surface area (Å²) < 4.78 is 20.4. The first-order valence-corrected chi connectivity index (χ1v) is 12.4. The number of ether oxygens (including phenoxy) is 1. The fourth-order valence-electron chi connectivity index (χ4n) is 2.89. The number of unbranched alkanes of at least 4 members (excludes halogenated alkanes) is 12. The third-order valence-corrected chi connectivity index (χ3v) is 4.69. The quantitative estimate of drug-likeness (QED) is 0.0760. The van der Waals surface area contributed by atoms with Gasteiger partial charge in [0.05, 0.1) is 6.61 Å². The molecule has 0 aliphatic rings. The molecule has 0 rings (SSSR count). The second kappa shape index (κ2) is 21.3.